The Morgan fingerprint density at radius 3 is 2.88 bits per heavy atom. The second-order valence-corrected chi connectivity index (χ2v) is 10.8. The third kappa shape index (κ3) is 3.97. The van der Waals surface area contributed by atoms with Crippen LogP contribution in [0.15, 0.2) is 29.3 Å². The molecule has 0 aromatic heterocycles. The molecule has 0 aliphatic carbocycles. The predicted molar refractivity (Wildman–Crippen MR) is 102 cm³/mol. The average Bonchev–Trinajstić information content (AvgIpc) is 2.93. The van der Waals surface area contributed by atoms with Gasteiger partial charge in [-0.25, -0.2) is 13.4 Å². The molecule has 0 bridgehead atoms. The van der Waals surface area contributed by atoms with Crippen molar-refractivity contribution in [3.63, 3.8) is 0 Å². The zero-order chi connectivity index (χ0) is 17.3. The van der Waals surface area contributed by atoms with Gasteiger partial charge in [-0.05, 0) is 25.0 Å². The smallest absolute Gasteiger partial charge is 0.235 e. The molecule has 24 heavy (non-hydrogen) atoms. The van der Waals surface area contributed by atoms with Crippen molar-refractivity contribution in [2.75, 3.05) is 18.6 Å². The van der Waals surface area contributed by atoms with Gasteiger partial charge in [0.15, 0.2) is 9.84 Å². The van der Waals surface area contributed by atoms with Gasteiger partial charge < -0.3 is 4.90 Å². The van der Waals surface area contributed by atoms with Gasteiger partial charge in [-0.3, -0.25) is 4.79 Å². The first-order chi connectivity index (χ1) is 11.4. The first kappa shape index (κ1) is 17.8. The lowest BCUT2D eigenvalue weighted by atomic mass is 10.2. The summed E-state index contributed by atoms with van der Waals surface area (Å²) in [6.07, 6.45) is 0.533. The number of carbonyl (C=O) groups is 1. The number of para-hydroxylation sites is 1. The Labute approximate surface area is 151 Å². The van der Waals surface area contributed by atoms with E-state index in [2.05, 4.69) is 11.1 Å². The van der Waals surface area contributed by atoms with Crippen molar-refractivity contribution < 1.29 is 13.2 Å². The molecule has 0 radical (unpaired) electrons. The number of sulfone groups is 1. The fourth-order valence-electron chi connectivity index (χ4n) is 2.82. The van der Waals surface area contributed by atoms with Crippen LogP contribution in [-0.2, 0) is 20.4 Å². The minimum absolute atomic E-state index is 0.0377. The molecule has 130 valence electrons. The Balaban J connectivity index is 1.64. The molecule has 8 heteroatoms. The van der Waals surface area contributed by atoms with E-state index in [9.17, 15) is 13.2 Å². The maximum absolute atomic E-state index is 12.6. The predicted octanol–water partition coefficient (Wildman–Crippen LogP) is 2.69. The summed E-state index contributed by atoms with van der Waals surface area (Å²) < 4.78 is 24.1. The quantitative estimate of drug-likeness (QED) is 0.802. The van der Waals surface area contributed by atoms with Gasteiger partial charge >= 0.3 is 0 Å². The maximum Gasteiger partial charge on any atom is 0.235 e. The van der Waals surface area contributed by atoms with Crippen molar-refractivity contribution in [2.24, 2.45) is 4.99 Å². The van der Waals surface area contributed by atoms with Gasteiger partial charge in [0.25, 0.3) is 0 Å². The van der Waals surface area contributed by atoms with Gasteiger partial charge in [-0.2, -0.15) is 0 Å². The molecule has 5 nitrogen and oxygen atoms in total. The van der Waals surface area contributed by atoms with Crippen molar-refractivity contribution in [2.45, 2.75) is 30.4 Å². The zero-order valence-electron chi connectivity index (χ0n) is 13.6. The molecule has 3 rings (SSSR count). The first-order valence-corrected chi connectivity index (χ1v) is 11.5. The fraction of sp³-hybridized carbons (Fsp3) is 0.500. The van der Waals surface area contributed by atoms with Crippen molar-refractivity contribution in [3.05, 3.63) is 29.8 Å². The fourth-order valence-corrected chi connectivity index (χ4v) is 6.88. The lowest BCUT2D eigenvalue weighted by molar-refractivity contribution is -0.130. The highest BCUT2D eigenvalue weighted by Crippen LogP contribution is 2.36. The number of nitrogens with zero attached hydrogens (tertiary/aromatic N) is 2. The normalized spacial score (nSPS) is 23.2. The number of hydrogen-bond donors (Lipinski definition) is 0. The van der Waals surface area contributed by atoms with Crippen molar-refractivity contribution in [1.29, 1.82) is 0 Å². The summed E-state index contributed by atoms with van der Waals surface area (Å²) in [4.78, 5) is 18.8. The number of rotatable bonds is 3. The Hall–Kier alpha value is -0.990. The second kappa shape index (κ2) is 7.09. The van der Waals surface area contributed by atoms with E-state index in [0.29, 0.717) is 6.42 Å². The summed E-state index contributed by atoms with van der Waals surface area (Å²) in [7, 11) is -1.28. The van der Waals surface area contributed by atoms with Gasteiger partial charge in [0.2, 0.25) is 5.91 Å². The van der Waals surface area contributed by atoms with E-state index in [4.69, 9.17) is 0 Å². The van der Waals surface area contributed by atoms with Crippen LogP contribution in [0.3, 0.4) is 0 Å². The average molecular weight is 385 g/mol. The van der Waals surface area contributed by atoms with Crippen LogP contribution in [0.1, 0.15) is 18.9 Å². The van der Waals surface area contributed by atoms with Gasteiger partial charge in [0.05, 0.1) is 22.4 Å². The number of carbonyl (C=O) groups excluding carboxylic acids is 1. The standard InChI is InChI=1S/C16H20N2O3S3/c1-11(15(19)18(2)13-7-8-24(20,21)10-13)23-16-17-14-6-4-3-5-12(14)9-22-16/h3-6,11,13H,7-10H2,1-2H3. The maximum atomic E-state index is 12.6. The van der Waals surface area contributed by atoms with Crippen LogP contribution >= 0.6 is 23.5 Å². The molecule has 1 aromatic carbocycles. The SMILES string of the molecule is CC(SC1=Nc2ccccc2CS1)C(=O)N(C)C1CCS(=O)(=O)C1. The third-order valence-electron chi connectivity index (χ3n) is 4.28. The van der Waals surface area contributed by atoms with Crippen LogP contribution in [-0.4, -0.2) is 53.4 Å². The molecule has 1 amide bonds. The number of fused-ring (bicyclic) bond motifs is 1. The first-order valence-electron chi connectivity index (χ1n) is 7.79. The lowest BCUT2D eigenvalue weighted by Gasteiger charge is -2.26. The molecule has 0 N–H and O–H groups in total. The Kier molecular flexibility index (Phi) is 5.27. The Bertz CT molecular complexity index is 777. The van der Waals surface area contributed by atoms with Crippen LogP contribution in [0, 0.1) is 0 Å². The molecule has 2 heterocycles. The molecule has 2 unspecified atom stereocenters. The van der Waals surface area contributed by atoms with Crippen LogP contribution in [0.4, 0.5) is 5.69 Å². The molecule has 0 spiro atoms. The van der Waals surface area contributed by atoms with E-state index < -0.39 is 9.84 Å². The minimum Gasteiger partial charge on any atom is -0.341 e. The lowest BCUT2D eigenvalue weighted by Crippen LogP contribution is -2.42. The third-order valence-corrected chi connectivity index (χ3v) is 8.32. The van der Waals surface area contributed by atoms with Gasteiger partial charge in [-0.15, -0.1) is 0 Å². The van der Waals surface area contributed by atoms with Gasteiger partial charge in [-0.1, -0.05) is 41.7 Å². The molecule has 2 atom stereocenters. The van der Waals surface area contributed by atoms with Gasteiger partial charge in [0.1, 0.15) is 4.38 Å². The van der Waals surface area contributed by atoms with E-state index in [-0.39, 0.29) is 28.7 Å². The molecule has 2 aliphatic heterocycles. The highest BCUT2D eigenvalue weighted by Gasteiger charge is 2.34. The van der Waals surface area contributed by atoms with Crippen LogP contribution < -0.4 is 0 Å². The number of hydrogen-bond acceptors (Lipinski definition) is 6. The van der Waals surface area contributed by atoms with Crippen LogP contribution in [0.25, 0.3) is 0 Å². The molecular weight excluding hydrogens is 364 g/mol. The largest absolute Gasteiger partial charge is 0.341 e. The topological polar surface area (TPSA) is 66.8 Å². The molecule has 1 fully saturated rings. The highest BCUT2D eigenvalue weighted by atomic mass is 32.2. The molecular formula is C16H20N2O3S3. The summed E-state index contributed by atoms with van der Waals surface area (Å²) in [6.45, 7) is 1.86. The van der Waals surface area contributed by atoms with E-state index in [1.54, 1.807) is 23.7 Å². The monoisotopic (exact) mass is 384 g/mol. The van der Waals surface area contributed by atoms with E-state index in [1.165, 1.54) is 17.3 Å². The highest BCUT2D eigenvalue weighted by molar-refractivity contribution is 8.39. The van der Waals surface area contributed by atoms with E-state index >= 15 is 0 Å². The second-order valence-electron chi connectivity index (χ2n) is 6.06. The molecule has 1 saturated heterocycles. The Morgan fingerprint density at radius 1 is 1.42 bits per heavy atom. The minimum atomic E-state index is -2.99. The molecule has 1 aromatic rings. The van der Waals surface area contributed by atoms with E-state index in [0.717, 1.165) is 15.8 Å². The van der Waals surface area contributed by atoms with Crippen LogP contribution in [0.2, 0.25) is 0 Å². The van der Waals surface area contributed by atoms with E-state index in [1.807, 2.05) is 25.1 Å². The summed E-state index contributed by atoms with van der Waals surface area (Å²) in [5.74, 6) is 1.08. The zero-order valence-corrected chi connectivity index (χ0v) is 16.1. The van der Waals surface area contributed by atoms with Crippen LogP contribution in [0.5, 0.6) is 0 Å². The number of amides is 1. The molecule has 2 aliphatic rings. The summed E-state index contributed by atoms with van der Waals surface area (Å²) in [5.41, 5.74) is 2.17. The van der Waals surface area contributed by atoms with Crippen molar-refractivity contribution >= 4 is 49.3 Å². The number of aliphatic imine (C=N–C) groups is 1. The summed E-state index contributed by atoms with van der Waals surface area (Å²) in [6, 6.07) is 7.81. The van der Waals surface area contributed by atoms with Crippen molar-refractivity contribution in [1.82, 2.24) is 4.90 Å². The Morgan fingerprint density at radius 2 is 2.17 bits per heavy atom. The summed E-state index contributed by atoms with van der Waals surface area (Å²) in [5, 5.41) is -0.283. The van der Waals surface area contributed by atoms with Crippen molar-refractivity contribution in [3.8, 4) is 0 Å². The number of thioether (sulfide) groups is 2. The number of benzene rings is 1. The van der Waals surface area contributed by atoms with Gasteiger partial charge in [0, 0.05) is 18.8 Å². The molecule has 0 saturated carbocycles. The summed E-state index contributed by atoms with van der Waals surface area (Å²) >= 11 is 3.09.